The third kappa shape index (κ3) is 1.82. The van der Waals surface area contributed by atoms with Gasteiger partial charge in [0.05, 0.1) is 16.7 Å². The fourth-order valence-corrected chi connectivity index (χ4v) is 6.74. The van der Waals surface area contributed by atoms with Gasteiger partial charge in [-0.15, -0.1) is 0 Å². The SMILES string of the molecule is Nc1ncc2c(n1)C1Oc3c(O)ccc4c3C13CCN(CC1CC1)C(C4)C3(O)C2. The second-order valence-corrected chi connectivity index (χ2v) is 9.57. The number of fused-ring (bicyclic) bond motifs is 2. The standard InChI is InChI=1S/C22H24N4O3/c23-20-24-9-13-8-22(28)15-7-12-3-4-14(27)18-16(12)21(22,19(29-18)17(13)25-20)5-6-26(15)10-11-1-2-11/h3-4,9,11,15,19,27-28H,1-2,5-8,10H2,(H2,23,24,25). The first-order chi connectivity index (χ1) is 14.0. The summed E-state index contributed by atoms with van der Waals surface area (Å²) in [5.74, 6) is 1.63. The molecule has 4 unspecified atom stereocenters. The van der Waals surface area contributed by atoms with Crippen molar-refractivity contribution in [2.75, 3.05) is 18.8 Å². The van der Waals surface area contributed by atoms with Crippen LogP contribution in [0.25, 0.3) is 0 Å². The van der Waals surface area contributed by atoms with Crippen LogP contribution in [0.3, 0.4) is 0 Å². The van der Waals surface area contributed by atoms with Crippen LogP contribution in [-0.4, -0.2) is 49.8 Å². The molecule has 0 radical (unpaired) electrons. The molecule has 7 nitrogen and oxygen atoms in total. The van der Waals surface area contributed by atoms with E-state index in [0.29, 0.717) is 12.2 Å². The minimum absolute atomic E-state index is 0.0247. The van der Waals surface area contributed by atoms with E-state index in [-0.39, 0.29) is 17.7 Å². The summed E-state index contributed by atoms with van der Waals surface area (Å²) in [5.41, 5.74) is 8.18. The molecule has 2 bridgehead atoms. The minimum Gasteiger partial charge on any atom is -0.504 e. The number of benzene rings is 1. The Bertz CT molecular complexity index is 1070. The largest absolute Gasteiger partial charge is 0.504 e. The first-order valence-corrected chi connectivity index (χ1v) is 10.6. The van der Waals surface area contributed by atoms with E-state index in [0.717, 1.165) is 48.7 Å². The Hall–Kier alpha value is -2.38. The highest BCUT2D eigenvalue weighted by atomic mass is 16.5. The van der Waals surface area contributed by atoms with Gasteiger partial charge in [0.15, 0.2) is 17.6 Å². The average molecular weight is 392 g/mol. The van der Waals surface area contributed by atoms with Crippen molar-refractivity contribution in [3.63, 3.8) is 0 Å². The van der Waals surface area contributed by atoms with Gasteiger partial charge in [-0.05, 0) is 55.3 Å². The number of anilines is 1. The first-order valence-electron chi connectivity index (χ1n) is 10.6. The predicted octanol–water partition coefficient (Wildman–Crippen LogP) is 1.46. The number of nitrogens with two attached hydrogens (primary N) is 1. The Morgan fingerprint density at radius 3 is 2.97 bits per heavy atom. The van der Waals surface area contributed by atoms with Crippen LogP contribution in [0.4, 0.5) is 5.95 Å². The molecule has 29 heavy (non-hydrogen) atoms. The second-order valence-electron chi connectivity index (χ2n) is 9.57. The Balaban J connectivity index is 1.50. The first kappa shape index (κ1) is 16.4. The summed E-state index contributed by atoms with van der Waals surface area (Å²) in [5, 5.41) is 23.0. The van der Waals surface area contributed by atoms with Gasteiger partial charge in [-0.1, -0.05) is 6.07 Å². The van der Waals surface area contributed by atoms with Gasteiger partial charge in [0.2, 0.25) is 5.95 Å². The Labute approximate surface area is 168 Å². The molecule has 2 fully saturated rings. The maximum Gasteiger partial charge on any atom is 0.220 e. The number of hydrogen-bond donors (Lipinski definition) is 3. The number of nitrogens with zero attached hydrogens (tertiary/aromatic N) is 3. The van der Waals surface area contributed by atoms with E-state index in [1.807, 2.05) is 6.07 Å². The highest BCUT2D eigenvalue weighted by Gasteiger charge is 2.72. The van der Waals surface area contributed by atoms with Crippen LogP contribution in [-0.2, 0) is 18.3 Å². The molecule has 4 atom stereocenters. The smallest absolute Gasteiger partial charge is 0.220 e. The molecule has 0 amide bonds. The van der Waals surface area contributed by atoms with E-state index in [2.05, 4.69) is 14.9 Å². The predicted molar refractivity (Wildman–Crippen MR) is 105 cm³/mol. The van der Waals surface area contributed by atoms with E-state index >= 15 is 0 Å². The van der Waals surface area contributed by atoms with Gasteiger partial charge in [0.1, 0.15) is 0 Å². The summed E-state index contributed by atoms with van der Waals surface area (Å²) in [6, 6.07) is 3.76. The molecule has 5 aliphatic rings. The van der Waals surface area contributed by atoms with E-state index in [1.54, 1.807) is 12.3 Å². The molecule has 1 saturated heterocycles. The van der Waals surface area contributed by atoms with Crippen molar-refractivity contribution in [3.05, 3.63) is 40.7 Å². The molecule has 7 rings (SSSR count). The molecule has 2 aromatic rings. The number of likely N-dealkylation sites (tertiary alicyclic amines) is 1. The van der Waals surface area contributed by atoms with Crippen molar-refractivity contribution in [2.45, 2.75) is 55.3 Å². The summed E-state index contributed by atoms with van der Waals surface area (Å²) in [6.07, 6.45) is 5.92. The average Bonchev–Trinajstić information content (AvgIpc) is 3.43. The summed E-state index contributed by atoms with van der Waals surface area (Å²) in [7, 11) is 0. The summed E-state index contributed by atoms with van der Waals surface area (Å²) >= 11 is 0. The molecular formula is C22H24N4O3. The molecular weight excluding hydrogens is 368 g/mol. The number of rotatable bonds is 2. The number of ether oxygens (including phenoxy) is 1. The number of piperidine rings is 1. The van der Waals surface area contributed by atoms with Gasteiger partial charge in [-0.25, -0.2) is 9.97 Å². The van der Waals surface area contributed by atoms with Crippen LogP contribution in [0.15, 0.2) is 18.3 Å². The van der Waals surface area contributed by atoms with Crippen molar-refractivity contribution in [3.8, 4) is 11.5 Å². The van der Waals surface area contributed by atoms with E-state index in [1.165, 1.54) is 18.4 Å². The lowest BCUT2D eigenvalue weighted by Crippen LogP contribution is -2.74. The molecule has 3 aliphatic carbocycles. The number of phenols is 1. The van der Waals surface area contributed by atoms with E-state index in [4.69, 9.17) is 10.5 Å². The molecule has 1 saturated carbocycles. The maximum absolute atomic E-state index is 12.4. The second kappa shape index (κ2) is 5.02. The van der Waals surface area contributed by atoms with Gasteiger partial charge in [0, 0.05) is 30.8 Å². The van der Waals surface area contributed by atoms with Crippen molar-refractivity contribution in [1.82, 2.24) is 14.9 Å². The lowest BCUT2D eigenvalue weighted by molar-refractivity contribution is -0.173. The van der Waals surface area contributed by atoms with Crippen molar-refractivity contribution < 1.29 is 14.9 Å². The zero-order valence-corrected chi connectivity index (χ0v) is 16.1. The number of nitrogen functional groups attached to an aromatic ring is 1. The number of hydrogen-bond acceptors (Lipinski definition) is 7. The lowest BCUT2D eigenvalue weighted by Gasteiger charge is -2.62. The van der Waals surface area contributed by atoms with E-state index < -0.39 is 17.1 Å². The third-order valence-electron chi connectivity index (χ3n) is 8.14. The van der Waals surface area contributed by atoms with Gasteiger partial charge in [0.25, 0.3) is 0 Å². The van der Waals surface area contributed by atoms with Crippen LogP contribution in [0.1, 0.15) is 47.8 Å². The highest BCUT2D eigenvalue weighted by molar-refractivity contribution is 5.64. The fourth-order valence-electron chi connectivity index (χ4n) is 6.74. The molecule has 1 aromatic carbocycles. The number of aromatic nitrogens is 2. The Morgan fingerprint density at radius 2 is 2.14 bits per heavy atom. The van der Waals surface area contributed by atoms with Crippen LogP contribution in [0, 0.1) is 5.92 Å². The summed E-state index contributed by atoms with van der Waals surface area (Å²) in [6.45, 7) is 1.98. The highest BCUT2D eigenvalue weighted by Crippen LogP contribution is 2.68. The van der Waals surface area contributed by atoms with Gasteiger partial charge in [-0.3, -0.25) is 4.90 Å². The third-order valence-corrected chi connectivity index (χ3v) is 8.14. The maximum atomic E-state index is 12.4. The molecule has 2 aliphatic heterocycles. The number of aromatic hydroxyl groups is 1. The molecule has 150 valence electrons. The van der Waals surface area contributed by atoms with Crippen LogP contribution >= 0.6 is 0 Å². The molecule has 7 heteroatoms. The van der Waals surface area contributed by atoms with Crippen molar-refractivity contribution >= 4 is 5.95 Å². The van der Waals surface area contributed by atoms with Gasteiger partial charge in [-0.2, -0.15) is 0 Å². The minimum atomic E-state index is -0.983. The molecule has 4 N–H and O–H groups in total. The molecule has 1 aromatic heterocycles. The normalized spacial score (nSPS) is 36.3. The number of aliphatic hydroxyl groups is 1. The zero-order chi connectivity index (χ0) is 19.5. The van der Waals surface area contributed by atoms with E-state index in [9.17, 15) is 10.2 Å². The summed E-state index contributed by atoms with van der Waals surface area (Å²) in [4.78, 5) is 11.2. The topological polar surface area (TPSA) is 105 Å². The van der Waals surface area contributed by atoms with Gasteiger partial charge >= 0.3 is 0 Å². The monoisotopic (exact) mass is 392 g/mol. The van der Waals surface area contributed by atoms with Gasteiger partial charge < -0.3 is 20.7 Å². The Kier molecular flexibility index (Phi) is 2.84. The van der Waals surface area contributed by atoms with Crippen molar-refractivity contribution in [2.24, 2.45) is 5.92 Å². The van der Waals surface area contributed by atoms with Crippen LogP contribution in [0.5, 0.6) is 11.5 Å². The number of phenolic OH excluding ortho intramolecular Hbond substituents is 1. The summed E-state index contributed by atoms with van der Waals surface area (Å²) < 4.78 is 6.41. The molecule has 1 spiro atoms. The molecule has 3 heterocycles. The van der Waals surface area contributed by atoms with Crippen molar-refractivity contribution in [1.29, 1.82) is 0 Å². The lowest BCUT2D eigenvalue weighted by atomic mass is 9.49. The fraction of sp³-hybridized carbons (Fsp3) is 0.545. The van der Waals surface area contributed by atoms with Crippen LogP contribution < -0.4 is 10.5 Å². The quantitative estimate of drug-likeness (QED) is 0.711. The Morgan fingerprint density at radius 1 is 1.28 bits per heavy atom. The zero-order valence-electron chi connectivity index (χ0n) is 16.1. The van der Waals surface area contributed by atoms with Crippen LogP contribution in [0.2, 0.25) is 0 Å².